The molecular formula is C17H27N3O. The van der Waals surface area contributed by atoms with Crippen LogP contribution in [0.25, 0.3) is 0 Å². The van der Waals surface area contributed by atoms with Gasteiger partial charge in [-0.1, -0.05) is 31.2 Å². The van der Waals surface area contributed by atoms with Crippen LogP contribution in [0.1, 0.15) is 44.4 Å². The van der Waals surface area contributed by atoms with Crippen LogP contribution < -0.4 is 11.1 Å². The number of aryl methyl sites for hydroxylation is 1. The summed E-state index contributed by atoms with van der Waals surface area (Å²) < 4.78 is 0. The van der Waals surface area contributed by atoms with E-state index in [0.717, 1.165) is 13.0 Å². The van der Waals surface area contributed by atoms with Crippen molar-refractivity contribution in [2.75, 3.05) is 13.1 Å². The van der Waals surface area contributed by atoms with Crippen LogP contribution in [0.15, 0.2) is 24.3 Å². The minimum Gasteiger partial charge on any atom is -0.353 e. The molecule has 1 fully saturated rings. The molecule has 2 unspecified atom stereocenters. The van der Waals surface area contributed by atoms with Crippen molar-refractivity contribution in [2.24, 2.45) is 5.73 Å². The first kappa shape index (κ1) is 16.0. The molecule has 3 N–H and O–H groups in total. The number of nitrogens with two attached hydrogens (primary N) is 1. The number of hydrogen-bond donors (Lipinski definition) is 2. The lowest BCUT2D eigenvalue weighted by Gasteiger charge is -2.48. The number of nitrogens with zero attached hydrogens (tertiary/aromatic N) is 1. The Bertz CT molecular complexity index is 513. The van der Waals surface area contributed by atoms with E-state index in [1.807, 2.05) is 19.9 Å². The van der Waals surface area contributed by atoms with Crippen molar-refractivity contribution in [3.8, 4) is 0 Å². The molecule has 0 aromatic heterocycles. The average molecular weight is 289 g/mol. The average Bonchev–Trinajstić information content (AvgIpc) is 2.45. The highest BCUT2D eigenvalue weighted by Gasteiger charge is 2.43. The monoisotopic (exact) mass is 289 g/mol. The Morgan fingerprint density at radius 3 is 2.67 bits per heavy atom. The number of benzene rings is 1. The molecule has 0 saturated carbocycles. The van der Waals surface area contributed by atoms with E-state index in [9.17, 15) is 4.79 Å². The molecule has 21 heavy (non-hydrogen) atoms. The molecule has 2 rings (SSSR count). The molecule has 4 heteroatoms. The maximum Gasteiger partial charge on any atom is 0.240 e. The summed E-state index contributed by atoms with van der Waals surface area (Å²) in [5, 5.41) is 2.96. The van der Waals surface area contributed by atoms with Crippen molar-refractivity contribution in [1.29, 1.82) is 0 Å². The predicted octanol–water partition coefficient (Wildman–Crippen LogP) is 1.98. The van der Waals surface area contributed by atoms with E-state index >= 15 is 0 Å². The van der Waals surface area contributed by atoms with Crippen molar-refractivity contribution < 1.29 is 4.79 Å². The highest BCUT2D eigenvalue weighted by Crippen LogP contribution is 2.34. The normalized spacial score (nSPS) is 21.7. The van der Waals surface area contributed by atoms with Gasteiger partial charge in [-0.2, -0.15) is 0 Å². The summed E-state index contributed by atoms with van der Waals surface area (Å²) >= 11 is 0. The Labute approximate surface area is 127 Å². The first-order chi connectivity index (χ1) is 9.89. The SMILES string of the molecule is CCC(N)C(c1ccccc1C)N1CCNC(=O)C1(C)C. The Balaban J connectivity index is 2.46. The Morgan fingerprint density at radius 2 is 2.05 bits per heavy atom. The lowest BCUT2D eigenvalue weighted by Crippen LogP contribution is -2.64. The van der Waals surface area contributed by atoms with Gasteiger partial charge in [0.05, 0.1) is 11.6 Å². The largest absolute Gasteiger partial charge is 0.353 e. The van der Waals surface area contributed by atoms with Crippen molar-refractivity contribution in [1.82, 2.24) is 10.2 Å². The quantitative estimate of drug-likeness (QED) is 0.891. The van der Waals surface area contributed by atoms with Crippen LogP contribution in [0, 0.1) is 6.92 Å². The molecule has 4 nitrogen and oxygen atoms in total. The molecule has 0 aliphatic carbocycles. The summed E-state index contributed by atoms with van der Waals surface area (Å²) in [6.07, 6.45) is 0.882. The zero-order chi connectivity index (χ0) is 15.6. The number of piperazine rings is 1. The number of carbonyl (C=O) groups is 1. The first-order valence-corrected chi connectivity index (χ1v) is 7.75. The van der Waals surface area contributed by atoms with Crippen LogP contribution in [0.4, 0.5) is 0 Å². The first-order valence-electron chi connectivity index (χ1n) is 7.75. The van der Waals surface area contributed by atoms with Crippen LogP contribution in [0.5, 0.6) is 0 Å². The van der Waals surface area contributed by atoms with E-state index in [2.05, 4.69) is 42.3 Å². The van der Waals surface area contributed by atoms with Crippen LogP contribution in [0.3, 0.4) is 0 Å². The summed E-state index contributed by atoms with van der Waals surface area (Å²) in [5.41, 5.74) is 8.36. The Hall–Kier alpha value is -1.39. The summed E-state index contributed by atoms with van der Waals surface area (Å²) in [5.74, 6) is 0.0793. The van der Waals surface area contributed by atoms with Gasteiger partial charge in [-0.25, -0.2) is 0 Å². The zero-order valence-corrected chi connectivity index (χ0v) is 13.5. The van der Waals surface area contributed by atoms with Crippen LogP contribution >= 0.6 is 0 Å². The fourth-order valence-corrected chi connectivity index (χ4v) is 3.17. The maximum absolute atomic E-state index is 12.3. The van der Waals surface area contributed by atoms with Gasteiger partial charge in [0.2, 0.25) is 5.91 Å². The maximum atomic E-state index is 12.3. The second kappa shape index (κ2) is 6.16. The van der Waals surface area contributed by atoms with Crippen molar-refractivity contribution in [3.05, 3.63) is 35.4 Å². The standard InChI is InChI=1S/C17H27N3O/c1-5-14(18)15(13-9-7-6-8-12(13)2)20-11-10-19-16(21)17(20,3)4/h6-9,14-15H,5,10-11,18H2,1-4H3,(H,19,21). The lowest BCUT2D eigenvalue weighted by atomic mass is 9.87. The molecule has 1 heterocycles. The van der Waals surface area contributed by atoms with E-state index in [4.69, 9.17) is 5.73 Å². The number of hydrogen-bond acceptors (Lipinski definition) is 3. The van der Waals surface area contributed by atoms with Gasteiger partial charge in [-0.3, -0.25) is 9.69 Å². The molecule has 0 radical (unpaired) electrons. The second-order valence-corrected chi connectivity index (χ2v) is 6.38. The van der Waals surface area contributed by atoms with E-state index in [1.54, 1.807) is 0 Å². The highest BCUT2D eigenvalue weighted by atomic mass is 16.2. The summed E-state index contributed by atoms with van der Waals surface area (Å²) in [7, 11) is 0. The van der Waals surface area contributed by atoms with Crippen LogP contribution in [0.2, 0.25) is 0 Å². The van der Waals surface area contributed by atoms with Gasteiger partial charge in [0.25, 0.3) is 0 Å². The van der Waals surface area contributed by atoms with E-state index in [-0.39, 0.29) is 18.0 Å². The molecule has 0 bridgehead atoms. The number of rotatable bonds is 4. The molecule has 116 valence electrons. The predicted molar refractivity (Wildman–Crippen MR) is 86.0 cm³/mol. The van der Waals surface area contributed by atoms with Crippen molar-refractivity contribution in [3.63, 3.8) is 0 Å². The van der Waals surface area contributed by atoms with Gasteiger partial charge in [0.15, 0.2) is 0 Å². The van der Waals surface area contributed by atoms with Gasteiger partial charge in [-0.05, 0) is 38.3 Å². The molecule has 1 amide bonds. The van der Waals surface area contributed by atoms with E-state index in [0.29, 0.717) is 6.54 Å². The minimum absolute atomic E-state index is 0.0104. The minimum atomic E-state index is -0.544. The third-order valence-corrected chi connectivity index (χ3v) is 4.63. The van der Waals surface area contributed by atoms with Gasteiger partial charge >= 0.3 is 0 Å². The Morgan fingerprint density at radius 1 is 1.38 bits per heavy atom. The van der Waals surface area contributed by atoms with Crippen LogP contribution in [-0.4, -0.2) is 35.5 Å². The van der Waals surface area contributed by atoms with Crippen molar-refractivity contribution in [2.45, 2.75) is 51.7 Å². The zero-order valence-electron chi connectivity index (χ0n) is 13.5. The smallest absolute Gasteiger partial charge is 0.240 e. The molecule has 1 aromatic carbocycles. The third kappa shape index (κ3) is 2.97. The number of amides is 1. The fraction of sp³-hybridized carbons (Fsp3) is 0.588. The molecule has 1 aliphatic rings. The molecule has 1 aliphatic heterocycles. The molecule has 0 spiro atoms. The van der Waals surface area contributed by atoms with Gasteiger partial charge in [-0.15, -0.1) is 0 Å². The summed E-state index contributed by atoms with van der Waals surface area (Å²) in [6, 6.07) is 8.42. The highest BCUT2D eigenvalue weighted by molar-refractivity contribution is 5.86. The number of carbonyl (C=O) groups excluding carboxylic acids is 1. The van der Waals surface area contributed by atoms with Gasteiger partial charge < -0.3 is 11.1 Å². The topological polar surface area (TPSA) is 58.4 Å². The Kier molecular flexibility index (Phi) is 4.69. The molecule has 1 aromatic rings. The van der Waals surface area contributed by atoms with Gasteiger partial charge in [0, 0.05) is 19.1 Å². The van der Waals surface area contributed by atoms with E-state index < -0.39 is 5.54 Å². The van der Waals surface area contributed by atoms with E-state index in [1.165, 1.54) is 11.1 Å². The number of nitrogens with one attached hydrogen (secondary N) is 1. The van der Waals surface area contributed by atoms with Crippen LogP contribution in [-0.2, 0) is 4.79 Å². The van der Waals surface area contributed by atoms with Crippen molar-refractivity contribution >= 4 is 5.91 Å². The molecule has 2 atom stereocenters. The summed E-state index contributed by atoms with van der Waals surface area (Å²) in [6.45, 7) is 9.69. The fourth-order valence-electron chi connectivity index (χ4n) is 3.17. The summed E-state index contributed by atoms with van der Waals surface area (Å²) in [4.78, 5) is 14.5. The molecular weight excluding hydrogens is 262 g/mol. The lowest BCUT2D eigenvalue weighted by molar-refractivity contribution is -0.137. The third-order valence-electron chi connectivity index (χ3n) is 4.63. The second-order valence-electron chi connectivity index (χ2n) is 6.38. The molecule has 1 saturated heterocycles. The van der Waals surface area contributed by atoms with Gasteiger partial charge in [0.1, 0.15) is 0 Å².